The molecular formula is C18H23ClN2O4. The molecule has 1 heterocycles. The van der Waals surface area contributed by atoms with Gasteiger partial charge < -0.3 is 4.74 Å². The van der Waals surface area contributed by atoms with Crippen molar-refractivity contribution in [2.24, 2.45) is 0 Å². The summed E-state index contributed by atoms with van der Waals surface area (Å²) in [4.78, 5) is 39.8. The van der Waals surface area contributed by atoms with E-state index in [-0.39, 0.29) is 43.1 Å². The van der Waals surface area contributed by atoms with Crippen LogP contribution in [0, 0.1) is 0 Å². The summed E-state index contributed by atoms with van der Waals surface area (Å²) in [6, 6.07) is 6.42. The second-order valence-corrected chi connectivity index (χ2v) is 6.14. The minimum Gasteiger partial charge on any atom is -0.464 e. The predicted octanol–water partition coefficient (Wildman–Crippen LogP) is 1.98. The van der Waals surface area contributed by atoms with Crippen molar-refractivity contribution in [3.05, 3.63) is 29.8 Å². The highest BCUT2D eigenvalue weighted by Gasteiger charge is 2.41. The Morgan fingerprint density at radius 2 is 1.88 bits per heavy atom. The summed E-state index contributed by atoms with van der Waals surface area (Å²) in [5.41, 5.74) is 1.28. The Morgan fingerprint density at radius 1 is 1.24 bits per heavy atom. The molecule has 1 aliphatic heterocycles. The first-order chi connectivity index (χ1) is 12.0. The van der Waals surface area contributed by atoms with Crippen molar-refractivity contribution < 1.29 is 19.1 Å². The monoisotopic (exact) mass is 366 g/mol. The molecule has 6 nitrogen and oxygen atoms in total. The summed E-state index contributed by atoms with van der Waals surface area (Å²) in [5, 5.41) is 0. The molecule has 0 radical (unpaired) electrons. The van der Waals surface area contributed by atoms with Crippen LogP contribution < -0.4 is 4.90 Å². The highest BCUT2D eigenvalue weighted by atomic mass is 35.5. The van der Waals surface area contributed by atoms with Crippen LogP contribution in [0.25, 0.3) is 0 Å². The molecule has 25 heavy (non-hydrogen) atoms. The first-order valence-electron chi connectivity index (χ1n) is 8.43. The lowest BCUT2D eigenvalue weighted by Crippen LogP contribution is -2.42. The molecule has 1 atom stereocenters. The quantitative estimate of drug-likeness (QED) is 0.400. The van der Waals surface area contributed by atoms with Crippen molar-refractivity contribution in [2.75, 3.05) is 30.5 Å². The van der Waals surface area contributed by atoms with Gasteiger partial charge in [-0.25, -0.2) is 4.90 Å². The normalized spacial score (nSPS) is 17.4. The average Bonchev–Trinajstić information content (AvgIpc) is 2.90. The average molecular weight is 367 g/mol. The van der Waals surface area contributed by atoms with Gasteiger partial charge in [0, 0.05) is 0 Å². The molecule has 2 rings (SSSR count). The summed E-state index contributed by atoms with van der Waals surface area (Å²) in [6.07, 6.45) is 0.328. The van der Waals surface area contributed by atoms with E-state index in [4.69, 9.17) is 16.3 Å². The number of alkyl halides is 1. The number of likely N-dealkylation sites (N-methyl/N-ethyl adjacent to an activating group) is 1. The number of hydrogen-bond donors (Lipinski definition) is 0. The SMILES string of the molecule is CCN(CC)C1CC(=O)N(c2ccc(CC(=O)OCCCl)cc2)C1=O. The van der Waals surface area contributed by atoms with Gasteiger partial charge in [-0.1, -0.05) is 26.0 Å². The lowest BCUT2D eigenvalue weighted by Gasteiger charge is -2.24. The van der Waals surface area contributed by atoms with E-state index < -0.39 is 6.04 Å². The number of hydrogen-bond acceptors (Lipinski definition) is 5. The second-order valence-electron chi connectivity index (χ2n) is 5.76. The van der Waals surface area contributed by atoms with Crippen LogP contribution in [0.5, 0.6) is 0 Å². The zero-order valence-electron chi connectivity index (χ0n) is 14.5. The smallest absolute Gasteiger partial charge is 0.310 e. The van der Waals surface area contributed by atoms with Crippen LogP contribution in [0.1, 0.15) is 25.8 Å². The molecule has 0 aliphatic carbocycles. The Bertz CT molecular complexity index is 628. The van der Waals surface area contributed by atoms with Crippen molar-refractivity contribution in [3.63, 3.8) is 0 Å². The number of halogens is 1. The van der Waals surface area contributed by atoms with Crippen molar-refractivity contribution in [1.29, 1.82) is 0 Å². The van der Waals surface area contributed by atoms with E-state index in [9.17, 15) is 14.4 Å². The number of benzene rings is 1. The number of imide groups is 1. The summed E-state index contributed by atoms with van der Waals surface area (Å²) in [6.45, 7) is 5.57. The van der Waals surface area contributed by atoms with E-state index >= 15 is 0 Å². The van der Waals surface area contributed by atoms with Gasteiger partial charge in [-0.05, 0) is 30.8 Å². The van der Waals surface area contributed by atoms with Crippen LogP contribution in [-0.2, 0) is 25.5 Å². The molecule has 1 aliphatic rings. The van der Waals surface area contributed by atoms with Gasteiger partial charge in [0.25, 0.3) is 5.91 Å². The molecule has 0 saturated carbocycles. The fourth-order valence-electron chi connectivity index (χ4n) is 2.97. The van der Waals surface area contributed by atoms with Crippen molar-refractivity contribution in [2.45, 2.75) is 32.7 Å². The first kappa shape index (κ1) is 19.4. The molecular weight excluding hydrogens is 344 g/mol. The van der Waals surface area contributed by atoms with Crippen LogP contribution in [-0.4, -0.2) is 54.3 Å². The molecule has 0 aromatic heterocycles. The molecule has 1 fully saturated rings. The van der Waals surface area contributed by atoms with E-state index in [0.717, 1.165) is 18.7 Å². The number of anilines is 1. The minimum atomic E-state index is -0.396. The zero-order chi connectivity index (χ0) is 18.4. The third-order valence-corrected chi connectivity index (χ3v) is 4.41. The van der Waals surface area contributed by atoms with E-state index in [1.807, 2.05) is 18.7 Å². The van der Waals surface area contributed by atoms with Crippen LogP contribution >= 0.6 is 11.6 Å². The minimum absolute atomic E-state index is 0.126. The first-order valence-corrected chi connectivity index (χ1v) is 8.96. The fourth-order valence-corrected chi connectivity index (χ4v) is 3.05. The highest BCUT2D eigenvalue weighted by molar-refractivity contribution is 6.22. The van der Waals surface area contributed by atoms with Gasteiger partial charge >= 0.3 is 5.97 Å². The topological polar surface area (TPSA) is 66.9 Å². The second kappa shape index (κ2) is 8.97. The molecule has 1 aromatic rings. The van der Waals surface area contributed by atoms with Crippen LogP contribution in [0.2, 0.25) is 0 Å². The van der Waals surface area contributed by atoms with E-state index in [2.05, 4.69) is 0 Å². The zero-order valence-corrected chi connectivity index (χ0v) is 15.3. The number of rotatable bonds is 8. The van der Waals surface area contributed by atoms with Crippen LogP contribution in [0.3, 0.4) is 0 Å². The van der Waals surface area contributed by atoms with Gasteiger partial charge in [-0.3, -0.25) is 19.3 Å². The summed E-state index contributed by atoms with van der Waals surface area (Å²) in [7, 11) is 0. The van der Waals surface area contributed by atoms with Crippen molar-refractivity contribution in [3.8, 4) is 0 Å². The molecule has 136 valence electrons. The molecule has 1 aromatic carbocycles. The van der Waals surface area contributed by atoms with Crippen LogP contribution in [0.4, 0.5) is 5.69 Å². The maximum atomic E-state index is 12.6. The van der Waals surface area contributed by atoms with E-state index in [0.29, 0.717) is 5.69 Å². The van der Waals surface area contributed by atoms with Gasteiger partial charge in [0.15, 0.2) is 0 Å². The van der Waals surface area contributed by atoms with Gasteiger partial charge in [-0.2, -0.15) is 0 Å². The Labute approximate surface area is 152 Å². The maximum absolute atomic E-state index is 12.6. The number of carbonyl (C=O) groups is 3. The fraction of sp³-hybridized carbons (Fsp3) is 0.500. The lowest BCUT2D eigenvalue weighted by molar-refractivity contribution is -0.142. The molecule has 1 saturated heterocycles. The number of nitrogens with zero attached hydrogens (tertiary/aromatic N) is 2. The number of amides is 2. The Hall–Kier alpha value is -1.92. The Balaban J connectivity index is 2.07. The third-order valence-electron chi connectivity index (χ3n) is 4.26. The largest absolute Gasteiger partial charge is 0.464 e. The van der Waals surface area contributed by atoms with Crippen molar-refractivity contribution >= 4 is 35.1 Å². The standard InChI is InChI=1S/C18H23ClN2O4/c1-3-20(4-2)15-12-16(22)21(18(15)24)14-7-5-13(6-8-14)11-17(23)25-10-9-19/h5-8,15H,3-4,9-12H2,1-2H3. The molecule has 7 heteroatoms. The molecule has 0 spiro atoms. The highest BCUT2D eigenvalue weighted by Crippen LogP contribution is 2.26. The number of esters is 1. The van der Waals surface area contributed by atoms with Gasteiger partial charge in [0.2, 0.25) is 5.91 Å². The van der Waals surface area contributed by atoms with E-state index in [1.54, 1.807) is 24.3 Å². The Morgan fingerprint density at radius 3 is 2.44 bits per heavy atom. The summed E-state index contributed by atoms with van der Waals surface area (Å²) < 4.78 is 4.93. The lowest BCUT2D eigenvalue weighted by atomic mass is 10.1. The summed E-state index contributed by atoms with van der Waals surface area (Å²) in [5.74, 6) is -0.486. The van der Waals surface area contributed by atoms with E-state index in [1.165, 1.54) is 4.90 Å². The number of ether oxygens (including phenoxy) is 1. The molecule has 2 amide bonds. The van der Waals surface area contributed by atoms with Crippen LogP contribution in [0.15, 0.2) is 24.3 Å². The molecule has 1 unspecified atom stereocenters. The third kappa shape index (κ3) is 4.58. The predicted molar refractivity (Wildman–Crippen MR) is 95.6 cm³/mol. The molecule has 0 bridgehead atoms. The van der Waals surface area contributed by atoms with Gasteiger partial charge in [-0.15, -0.1) is 11.6 Å². The Kier molecular flexibility index (Phi) is 6.96. The maximum Gasteiger partial charge on any atom is 0.310 e. The van der Waals surface area contributed by atoms with Crippen molar-refractivity contribution in [1.82, 2.24) is 4.90 Å². The van der Waals surface area contributed by atoms with Gasteiger partial charge in [0.05, 0.1) is 30.5 Å². The molecule has 0 N–H and O–H groups in total. The number of carbonyl (C=O) groups excluding carboxylic acids is 3. The van der Waals surface area contributed by atoms with Gasteiger partial charge in [0.1, 0.15) is 6.61 Å². The summed E-state index contributed by atoms with van der Waals surface area (Å²) >= 11 is 5.47.